The highest BCUT2D eigenvalue weighted by Gasteiger charge is 2.40. The third-order valence-electron chi connectivity index (χ3n) is 11.6. The minimum Gasteiger partial charge on any atom is -1.00 e. The second-order valence-electron chi connectivity index (χ2n) is 14.9. The lowest BCUT2D eigenvalue weighted by molar-refractivity contribution is -0.928. The molecular weight excluding hydrogens is 853 g/mol. The Kier molecular flexibility index (Phi) is 11.5. The predicted molar refractivity (Wildman–Crippen MR) is 205 cm³/mol. The summed E-state index contributed by atoms with van der Waals surface area (Å²) >= 11 is 0. The van der Waals surface area contributed by atoms with Gasteiger partial charge in [-0.3, -0.25) is 58.0 Å². The summed E-state index contributed by atoms with van der Waals surface area (Å²) in [5, 5.41) is 0. The van der Waals surface area contributed by atoms with Crippen molar-refractivity contribution in [3.63, 3.8) is 0 Å². The number of carbonyl (C=O) groups excluding carboxylic acids is 8. The Balaban J connectivity index is 0.00000512. The maximum absolute atomic E-state index is 13.3. The number of nitrogens with zero attached hydrogens (tertiary/aromatic N) is 5. The average molecular weight is 894 g/mol. The molecular formula is C44H40IN5O8. The van der Waals surface area contributed by atoms with E-state index in [-0.39, 0.29) is 97.4 Å². The van der Waals surface area contributed by atoms with Gasteiger partial charge in [-0.2, -0.15) is 0 Å². The standard InChI is InChI=1S/C44H40N5O8.HI/c50-37-29-13-1-2-14-30(29)38(51)45(37)21-9-25-49(26-10-22-46-39(52)31-15-3-4-16-32(31)40(46)53,27-11-23-47-41(54)33-17-5-6-18-34(33)42(47)55)28-12-24-48-43(56)35-19-7-8-20-36(35)44(48)57;/h1-8,13-20H,9-12,21-28H2;1H/q+1;/p-1. The van der Waals surface area contributed by atoms with Crippen LogP contribution in [0.4, 0.5) is 0 Å². The molecule has 14 heteroatoms. The molecule has 0 aliphatic carbocycles. The molecule has 0 spiro atoms. The minimum atomic E-state index is -0.365. The number of carbonyl (C=O) groups is 8. The number of benzene rings is 4. The van der Waals surface area contributed by atoms with E-state index in [1.165, 1.54) is 19.6 Å². The van der Waals surface area contributed by atoms with Gasteiger partial charge in [-0.05, 0) is 48.5 Å². The molecule has 4 aliphatic rings. The van der Waals surface area contributed by atoms with Gasteiger partial charge in [0.2, 0.25) is 0 Å². The van der Waals surface area contributed by atoms with Gasteiger partial charge in [0, 0.05) is 51.9 Å². The highest BCUT2D eigenvalue weighted by molar-refractivity contribution is 6.23. The Morgan fingerprint density at radius 2 is 0.448 bits per heavy atom. The van der Waals surface area contributed by atoms with E-state index < -0.39 is 0 Å². The van der Waals surface area contributed by atoms with Crippen LogP contribution < -0.4 is 24.0 Å². The molecule has 4 aromatic carbocycles. The van der Waals surface area contributed by atoms with Gasteiger partial charge < -0.3 is 28.5 Å². The molecule has 0 bridgehead atoms. The van der Waals surface area contributed by atoms with Crippen LogP contribution in [0.15, 0.2) is 97.1 Å². The van der Waals surface area contributed by atoms with Gasteiger partial charge in [0.1, 0.15) is 0 Å². The Morgan fingerprint density at radius 3 is 0.603 bits per heavy atom. The number of rotatable bonds is 16. The summed E-state index contributed by atoms with van der Waals surface area (Å²) < 4.78 is 0.346. The highest BCUT2D eigenvalue weighted by Crippen LogP contribution is 2.28. The first-order chi connectivity index (χ1) is 27.6. The fourth-order valence-electron chi connectivity index (χ4n) is 8.70. The molecule has 0 unspecified atom stereocenters. The van der Waals surface area contributed by atoms with E-state index in [0.717, 1.165) is 0 Å². The number of hydrogen-bond acceptors (Lipinski definition) is 8. The maximum atomic E-state index is 13.3. The molecule has 0 radical (unpaired) electrons. The van der Waals surface area contributed by atoms with E-state index in [1.54, 1.807) is 97.1 Å². The zero-order valence-corrected chi connectivity index (χ0v) is 33.8. The molecule has 0 saturated carbocycles. The second-order valence-corrected chi connectivity index (χ2v) is 14.9. The molecule has 4 aliphatic heterocycles. The predicted octanol–water partition coefficient (Wildman–Crippen LogP) is 1.55. The Morgan fingerprint density at radius 1 is 0.293 bits per heavy atom. The molecule has 8 rings (SSSR count). The van der Waals surface area contributed by atoms with Gasteiger partial charge in [-0.1, -0.05) is 48.5 Å². The van der Waals surface area contributed by atoms with Crippen molar-refractivity contribution in [1.29, 1.82) is 0 Å². The van der Waals surface area contributed by atoms with Gasteiger partial charge in [0.05, 0.1) is 70.7 Å². The summed E-state index contributed by atoms with van der Waals surface area (Å²) in [6, 6.07) is 26.8. The van der Waals surface area contributed by atoms with E-state index in [9.17, 15) is 38.4 Å². The van der Waals surface area contributed by atoms with Crippen molar-refractivity contribution in [3.8, 4) is 0 Å². The third-order valence-corrected chi connectivity index (χ3v) is 11.6. The van der Waals surface area contributed by atoms with Crippen molar-refractivity contribution in [2.24, 2.45) is 0 Å². The van der Waals surface area contributed by atoms with Gasteiger partial charge in [-0.15, -0.1) is 0 Å². The van der Waals surface area contributed by atoms with Crippen LogP contribution in [0.2, 0.25) is 0 Å². The largest absolute Gasteiger partial charge is 1.00 e. The minimum absolute atomic E-state index is 0. The van der Waals surface area contributed by atoms with Crippen LogP contribution in [0.3, 0.4) is 0 Å². The number of amides is 8. The number of quaternary nitrogens is 1. The summed E-state index contributed by atoms with van der Waals surface area (Å²) in [5.41, 5.74) is 2.82. The average Bonchev–Trinajstić information content (AvgIpc) is 3.82. The molecule has 13 nitrogen and oxygen atoms in total. The molecule has 0 saturated heterocycles. The van der Waals surface area contributed by atoms with Gasteiger partial charge in [0.15, 0.2) is 0 Å². The van der Waals surface area contributed by atoms with Gasteiger partial charge in [-0.25, -0.2) is 0 Å². The van der Waals surface area contributed by atoms with Crippen LogP contribution >= 0.6 is 0 Å². The Hall–Kier alpha value is -5.87. The first-order valence-corrected chi connectivity index (χ1v) is 19.3. The van der Waals surface area contributed by atoms with Crippen molar-refractivity contribution in [3.05, 3.63) is 142 Å². The van der Waals surface area contributed by atoms with Gasteiger partial charge >= 0.3 is 0 Å². The Labute approximate surface area is 351 Å². The van der Waals surface area contributed by atoms with Crippen molar-refractivity contribution >= 4 is 47.3 Å². The van der Waals surface area contributed by atoms with Crippen LogP contribution in [-0.2, 0) is 0 Å². The smallest absolute Gasteiger partial charge is 0.261 e. The number of halogens is 1. The first kappa shape index (κ1) is 40.3. The molecule has 0 atom stereocenters. The summed E-state index contributed by atoms with van der Waals surface area (Å²) in [6.45, 7) is 2.34. The highest BCUT2D eigenvalue weighted by atomic mass is 127. The number of hydrogen-bond donors (Lipinski definition) is 0. The van der Waals surface area contributed by atoms with E-state index >= 15 is 0 Å². The van der Waals surface area contributed by atoms with Crippen LogP contribution in [0.1, 0.15) is 109 Å². The zero-order valence-electron chi connectivity index (χ0n) is 31.6. The topological polar surface area (TPSA) is 150 Å². The van der Waals surface area contributed by atoms with E-state index in [0.29, 0.717) is 101 Å². The summed E-state index contributed by atoms with van der Waals surface area (Å²) in [5.74, 6) is -2.92. The van der Waals surface area contributed by atoms with Crippen molar-refractivity contribution in [2.75, 3.05) is 52.4 Å². The molecule has 0 N–H and O–H groups in total. The third kappa shape index (κ3) is 7.15. The van der Waals surface area contributed by atoms with E-state index in [1.807, 2.05) is 0 Å². The second kappa shape index (κ2) is 16.5. The summed E-state index contributed by atoms with van der Waals surface area (Å²) in [7, 11) is 0. The van der Waals surface area contributed by atoms with Crippen LogP contribution in [0.25, 0.3) is 0 Å². The number of fused-ring (bicyclic) bond motifs is 4. The first-order valence-electron chi connectivity index (χ1n) is 19.3. The Bertz CT molecular complexity index is 1920. The normalized spacial score (nSPS) is 15.7. The van der Waals surface area contributed by atoms with E-state index in [2.05, 4.69) is 0 Å². The lowest BCUT2D eigenvalue weighted by Gasteiger charge is -2.40. The van der Waals surface area contributed by atoms with Gasteiger partial charge in [0.25, 0.3) is 47.3 Å². The fraction of sp³-hybridized carbons (Fsp3) is 0.273. The fourth-order valence-corrected chi connectivity index (χ4v) is 8.70. The quantitative estimate of drug-likeness (QED) is 0.0936. The van der Waals surface area contributed by atoms with Crippen molar-refractivity contribution in [1.82, 2.24) is 19.6 Å². The summed E-state index contributed by atoms with van der Waals surface area (Å²) in [6.07, 6.45) is 1.61. The number of imide groups is 4. The van der Waals surface area contributed by atoms with Crippen LogP contribution in [0, 0.1) is 0 Å². The van der Waals surface area contributed by atoms with Crippen molar-refractivity contribution < 1.29 is 66.8 Å². The van der Waals surface area contributed by atoms with Crippen LogP contribution in [-0.4, -0.2) is 124 Å². The molecule has 0 fully saturated rings. The monoisotopic (exact) mass is 893 g/mol. The molecule has 4 heterocycles. The zero-order chi connectivity index (χ0) is 39.8. The maximum Gasteiger partial charge on any atom is 0.261 e. The van der Waals surface area contributed by atoms with E-state index in [4.69, 9.17) is 0 Å². The summed E-state index contributed by atoms with van der Waals surface area (Å²) in [4.78, 5) is 111. The SMILES string of the molecule is O=C1c2ccccc2C(=O)N1CCC[N+](CCCN1C(=O)c2ccccc2C1=O)(CCCN1C(=O)c2ccccc2C1=O)CCCN1C(=O)c2ccccc2C1=O.[I-]. The molecule has 8 amide bonds. The van der Waals surface area contributed by atoms with Crippen LogP contribution in [0.5, 0.6) is 0 Å². The lowest BCUT2D eigenvalue weighted by Crippen LogP contribution is -3.00. The molecule has 296 valence electrons. The van der Waals surface area contributed by atoms with Crippen molar-refractivity contribution in [2.45, 2.75) is 25.7 Å². The lowest BCUT2D eigenvalue weighted by atomic mass is 10.1. The molecule has 4 aromatic rings. The molecule has 58 heavy (non-hydrogen) atoms. The molecule has 0 aromatic heterocycles.